The van der Waals surface area contributed by atoms with Gasteiger partial charge in [0.2, 0.25) is 0 Å². The molecule has 0 aliphatic heterocycles. The molecule has 0 spiro atoms. The predicted octanol–water partition coefficient (Wildman–Crippen LogP) is 2.58. The molecule has 5 nitrogen and oxygen atoms in total. The standard InChI is InChI=1S/C16H18N2O3/c19-15-13-7-2-1-4-10(13)9-14(18-15)17-12-6-3-5-11(8-12)16(20)21/h1-2,4,7,9,11-12H,3,5-6,8H2,(H,20,21)(H2,17,18,19). The van der Waals surface area contributed by atoms with Crippen LogP contribution in [-0.4, -0.2) is 22.1 Å². The van der Waals surface area contributed by atoms with E-state index >= 15 is 0 Å². The molecule has 2 aromatic rings. The van der Waals surface area contributed by atoms with Crippen molar-refractivity contribution in [3.8, 4) is 0 Å². The number of benzene rings is 1. The average Bonchev–Trinajstić information content (AvgIpc) is 2.47. The molecule has 21 heavy (non-hydrogen) atoms. The SMILES string of the molecule is O=C(O)C1CCCC(Nc2cc3ccccc3c(=O)[nH]2)C1. The summed E-state index contributed by atoms with van der Waals surface area (Å²) in [6, 6.07) is 9.42. The molecule has 1 fully saturated rings. The van der Waals surface area contributed by atoms with Crippen molar-refractivity contribution in [2.45, 2.75) is 31.7 Å². The molecule has 1 aromatic heterocycles. The Morgan fingerprint density at radius 3 is 2.90 bits per heavy atom. The normalized spacial score (nSPS) is 22.1. The van der Waals surface area contributed by atoms with Gasteiger partial charge in [0.1, 0.15) is 5.82 Å². The number of pyridine rings is 1. The highest BCUT2D eigenvalue weighted by Gasteiger charge is 2.26. The van der Waals surface area contributed by atoms with Crippen LogP contribution in [0.25, 0.3) is 10.8 Å². The number of aromatic nitrogens is 1. The van der Waals surface area contributed by atoms with Gasteiger partial charge in [-0.1, -0.05) is 24.6 Å². The van der Waals surface area contributed by atoms with E-state index in [-0.39, 0.29) is 17.5 Å². The van der Waals surface area contributed by atoms with Gasteiger partial charge in [-0.05, 0) is 36.8 Å². The summed E-state index contributed by atoms with van der Waals surface area (Å²) < 4.78 is 0. The molecule has 0 bridgehead atoms. The Hall–Kier alpha value is -2.30. The molecule has 1 saturated carbocycles. The summed E-state index contributed by atoms with van der Waals surface area (Å²) in [6.07, 6.45) is 3.16. The van der Waals surface area contributed by atoms with Crippen molar-refractivity contribution in [3.05, 3.63) is 40.7 Å². The number of carbonyl (C=O) groups is 1. The molecular formula is C16H18N2O3. The highest BCUT2D eigenvalue weighted by atomic mass is 16.4. The quantitative estimate of drug-likeness (QED) is 0.810. The smallest absolute Gasteiger partial charge is 0.306 e. The molecule has 0 radical (unpaired) electrons. The first-order valence-corrected chi connectivity index (χ1v) is 7.25. The average molecular weight is 286 g/mol. The second kappa shape index (κ2) is 5.60. The van der Waals surface area contributed by atoms with Crippen LogP contribution in [0.1, 0.15) is 25.7 Å². The van der Waals surface area contributed by atoms with Gasteiger partial charge in [-0.3, -0.25) is 9.59 Å². The van der Waals surface area contributed by atoms with E-state index < -0.39 is 5.97 Å². The first kappa shape index (κ1) is 13.7. The monoisotopic (exact) mass is 286 g/mol. The van der Waals surface area contributed by atoms with Crippen LogP contribution in [0.2, 0.25) is 0 Å². The molecular weight excluding hydrogens is 268 g/mol. The van der Waals surface area contributed by atoms with Crippen LogP contribution in [0, 0.1) is 5.92 Å². The molecule has 3 N–H and O–H groups in total. The lowest BCUT2D eigenvalue weighted by atomic mass is 9.86. The second-order valence-corrected chi connectivity index (χ2v) is 5.64. The van der Waals surface area contributed by atoms with Gasteiger partial charge in [-0.15, -0.1) is 0 Å². The van der Waals surface area contributed by atoms with Crippen LogP contribution in [0.15, 0.2) is 35.1 Å². The molecule has 0 amide bonds. The lowest BCUT2D eigenvalue weighted by molar-refractivity contribution is -0.142. The van der Waals surface area contributed by atoms with Crippen molar-refractivity contribution in [3.63, 3.8) is 0 Å². The number of carboxylic acids is 1. The summed E-state index contributed by atoms with van der Waals surface area (Å²) in [7, 11) is 0. The summed E-state index contributed by atoms with van der Waals surface area (Å²) in [5, 5.41) is 13.9. The van der Waals surface area contributed by atoms with Gasteiger partial charge in [0.15, 0.2) is 0 Å². The van der Waals surface area contributed by atoms with Gasteiger partial charge in [0.05, 0.1) is 5.92 Å². The van der Waals surface area contributed by atoms with Crippen LogP contribution in [0.5, 0.6) is 0 Å². The zero-order valence-electron chi connectivity index (χ0n) is 11.6. The molecule has 0 saturated heterocycles. The third-order valence-electron chi connectivity index (χ3n) is 4.14. The number of carboxylic acid groups (broad SMARTS) is 1. The van der Waals surface area contributed by atoms with Crippen molar-refractivity contribution in [2.75, 3.05) is 5.32 Å². The van der Waals surface area contributed by atoms with Crippen molar-refractivity contribution in [1.29, 1.82) is 0 Å². The van der Waals surface area contributed by atoms with Gasteiger partial charge in [0, 0.05) is 11.4 Å². The minimum absolute atomic E-state index is 0.0941. The molecule has 5 heteroatoms. The molecule has 1 heterocycles. The Bertz CT molecular complexity index is 723. The van der Waals surface area contributed by atoms with Crippen molar-refractivity contribution in [2.24, 2.45) is 5.92 Å². The van der Waals surface area contributed by atoms with E-state index in [1.165, 1.54) is 0 Å². The van der Waals surface area contributed by atoms with Gasteiger partial charge < -0.3 is 15.4 Å². The van der Waals surface area contributed by atoms with Crippen LogP contribution in [0.3, 0.4) is 0 Å². The Balaban J connectivity index is 1.81. The van der Waals surface area contributed by atoms with E-state index in [1.54, 1.807) is 6.07 Å². The van der Waals surface area contributed by atoms with Crippen molar-refractivity contribution >= 4 is 22.6 Å². The first-order valence-electron chi connectivity index (χ1n) is 7.25. The van der Waals surface area contributed by atoms with Crippen LogP contribution in [0.4, 0.5) is 5.82 Å². The number of hydrogen-bond donors (Lipinski definition) is 3. The maximum atomic E-state index is 12.0. The minimum atomic E-state index is -0.728. The first-order chi connectivity index (χ1) is 10.1. The van der Waals surface area contributed by atoms with E-state index in [4.69, 9.17) is 5.11 Å². The topological polar surface area (TPSA) is 82.2 Å². The second-order valence-electron chi connectivity index (χ2n) is 5.64. The lowest BCUT2D eigenvalue weighted by Gasteiger charge is -2.28. The number of aliphatic carboxylic acids is 1. The molecule has 110 valence electrons. The summed E-state index contributed by atoms with van der Waals surface area (Å²) in [5.74, 6) is -0.355. The Kier molecular flexibility index (Phi) is 3.64. The third-order valence-corrected chi connectivity index (χ3v) is 4.14. The summed E-state index contributed by atoms with van der Waals surface area (Å²) in [6.45, 7) is 0. The van der Waals surface area contributed by atoms with E-state index in [0.29, 0.717) is 17.6 Å². The van der Waals surface area contributed by atoms with Gasteiger partial charge in [-0.2, -0.15) is 0 Å². The van der Waals surface area contributed by atoms with Crippen LogP contribution >= 0.6 is 0 Å². The summed E-state index contributed by atoms with van der Waals surface area (Å²) in [5.41, 5.74) is -0.124. The fraction of sp³-hybridized carbons (Fsp3) is 0.375. The predicted molar refractivity (Wildman–Crippen MR) is 81.6 cm³/mol. The fourth-order valence-electron chi connectivity index (χ4n) is 3.05. The Morgan fingerprint density at radius 2 is 2.10 bits per heavy atom. The van der Waals surface area contributed by atoms with E-state index in [1.807, 2.05) is 24.3 Å². The zero-order chi connectivity index (χ0) is 14.8. The van der Waals surface area contributed by atoms with Gasteiger partial charge in [0.25, 0.3) is 5.56 Å². The van der Waals surface area contributed by atoms with Crippen molar-refractivity contribution in [1.82, 2.24) is 4.98 Å². The van der Waals surface area contributed by atoms with E-state index in [9.17, 15) is 9.59 Å². The molecule has 1 aliphatic carbocycles. The van der Waals surface area contributed by atoms with Crippen molar-refractivity contribution < 1.29 is 9.90 Å². The largest absolute Gasteiger partial charge is 0.481 e. The maximum Gasteiger partial charge on any atom is 0.306 e. The number of fused-ring (bicyclic) bond motifs is 1. The van der Waals surface area contributed by atoms with E-state index in [0.717, 1.165) is 24.6 Å². The molecule has 3 rings (SSSR count). The van der Waals surface area contributed by atoms with E-state index in [2.05, 4.69) is 10.3 Å². The number of rotatable bonds is 3. The highest BCUT2D eigenvalue weighted by Crippen LogP contribution is 2.26. The molecule has 1 aromatic carbocycles. The van der Waals surface area contributed by atoms with Crippen LogP contribution < -0.4 is 10.9 Å². The number of hydrogen-bond acceptors (Lipinski definition) is 3. The Labute approximate surface area is 122 Å². The molecule has 1 aliphatic rings. The number of aromatic amines is 1. The highest BCUT2D eigenvalue weighted by molar-refractivity contribution is 5.83. The summed E-state index contributed by atoms with van der Waals surface area (Å²) >= 11 is 0. The van der Waals surface area contributed by atoms with Crippen LogP contribution in [-0.2, 0) is 4.79 Å². The van der Waals surface area contributed by atoms with Gasteiger partial charge in [-0.25, -0.2) is 0 Å². The maximum absolute atomic E-state index is 12.0. The molecule has 2 unspecified atom stereocenters. The number of anilines is 1. The Morgan fingerprint density at radius 1 is 1.29 bits per heavy atom. The molecule has 2 atom stereocenters. The third kappa shape index (κ3) is 2.91. The minimum Gasteiger partial charge on any atom is -0.481 e. The number of nitrogens with one attached hydrogen (secondary N) is 2. The number of H-pyrrole nitrogens is 1. The lowest BCUT2D eigenvalue weighted by Crippen LogP contribution is -2.31. The van der Waals surface area contributed by atoms with Gasteiger partial charge >= 0.3 is 5.97 Å². The summed E-state index contributed by atoms with van der Waals surface area (Å²) in [4.78, 5) is 25.9. The zero-order valence-corrected chi connectivity index (χ0v) is 11.6. The fourth-order valence-corrected chi connectivity index (χ4v) is 3.05.